The van der Waals surface area contributed by atoms with Gasteiger partial charge in [0.1, 0.15) is 4.90 Å². The molecule has 9 heteroatoms. The van der Waals surface area contributed by atoms with Crippen LogP contribution in [0, 0.1) is 0 Å². The highest BCUT2D eigenvalue weighted by Gasteiger charge is 2.12. The Kier molecular flexibility index (Phi) is 7.97. The number of hydrogen-bond donors (Lipinski definition) is 3. The first-order valence-electron chi connectivity index (χ1n) is 8.43. The van der Waals surface area contributed by atoms with Crippen molar-refractivity contribution in [2.45, 2.75) is 18.2 Å². The lowest BCUT2D eigenvalue weighted by atomic mass is 10.3. The van der Waals surface area contributed by atoms with Crippen LogP contribution >= 0.6 is 0 Å². The number of guanidine groups is 1. The Bertz CT molecular complexity index is 781. The van der Waals surface area contributed by atoms with Crippen molar-refractivity contribution >= 4 is 16.0 Å². The van der Waals surface area contributed by atoms with Gasteiger partial charge in [-0.3, -0.25) is 15.0 Å². The average Bonchev–Trinajstić information content (AvgIpc) is 2.67. The number of sulfonamides is 1. The van der Waals surface area contributed by atoms with Crippen LogP contribution in [0.4, 0.5) is 0 Å². The molecule has 3 N–H and O–H groups in total. The van der Waals surface area contributed by atoms with Crippen LogP contribution in [-0.4, -0.2) is 50.5 Å². The van der Waals surface area contributed by atoms with Crippen molar-refractivity contribution in [1.29, 1.82) is 0 Å². The van der Waals surface area contributed by atoms with Crippen LogP contribution in [0.25, 0.3) is 0 Å². The Hall–Kier alpha value is -2.52. The molecule has 140 valence electrons. The summed E-state index contributed by atoms with van der Waals surface area (Å²) in [5.41, 5.74) is 1.00. The highest BCUT2D eigenvalue weighted by Crippen LogP contribution is 2.04. The maximum absolute atomic E-state index is 12.1. The van der Waals surface area contributed by atoms with Gasteiger partial charge < -0.3 is 10.6 Å². The summed E-state index contributed by atoms with van der Waals surface area (Å²) in [5.74, 6) is 0.643. The molecular weight excluding hydrogens is 352 g/mol. The maximum Gasteiger partial charge on any atom is 0.242 e. The molecule has 0 bridgehead atoms. The van der Waals surface area contributed by atoms with E-state index in [9.17, 15) is 8.42 Å². The molecule has 0 saturated heterocycles. The molecular formula is C17H24N6O2S. The van der Waals surface area contributed by atoms with Gasteiger partial charge in [-0.05, 0) is 31.2 Å². The van der Waals surface area contributed by atoms with E-state index < -0.39 is 10.0 Å². The number of nitrogens with zero attached hydrogens (tertiary/aromatic N) is 3. The average molecular weight is 376 g/mol. The molecule has 2 heterocycles. The second-order valence-electron chi connectivity index (χ2n) is 5.35. The number of pyridine rings is 2. The van der Waals surface area contributed by atoms with Crippen LogP contribution < -0.4 is 15.4 Å². The van der Waals surface area contributed by atoms with Gasteiger partial charge in [-0.25, -0.2) is 13.1 Å². The van der Waals surface area contributed by atoms with E-state index in [1.165, 1.54) is 18.5 Å². The summed E-state index contributed by atoms with van der Waals surface area (Å²) >= 11 is 0. The topological polar surface area (TPSA) is 108 Å². The number of aliphatic imine (C=N–C) groups is 1. The first-order chi connectivity index (χ1) is 12.6. The molecule has 0 saturated carbocycles. The quantitative estimate of drug-likeness (QED) is 0.335. The molecule has 2 rings (SSSR count). The van der Waals surface area contributed by atoms with E-state index in [1.807, 2.05) is 25.1 Å². The number of nitrogens with one attached hydrogen (secondary N) is 3. The van der Waals surface area contributed by atoms with Crippen molar-refractivity contribution in [2.75, 3.05) is 26.2 Å². The van der Waals surface area contributed by atoms with Crippen molar-refractivity contribution in [1.82, 2.24) is 25.3 Å². The van der Waals surface area contributed by atoms with E-state index in [1.54, 1.807) is 12.3 Å². The Morgan fingerprint density at radius 3 is 2.69 bits per heavy atom. The predicted molar refractivity (Wildman–Crippen MR) is 101 cm³/mol. The molecule has 0 unspecified atom stereocenters. The molecule has 0 spiro atoms. The van der Waals surface area contributed by atoms with Gasteiger partial charge in [0.2, 0.25) is 10.0 Å². The maximum atomic E-state index is 12.1. The minimum Gasteiger partial charge on any atom is -0.357 e. The minimum absolute atomic E-state index is 0.143. The van der Waals surface area contributed by atoms with Gasteiger partial charge in [-0.1, -0.05) is 6.07 Å². The van der Waals surface area contributed by atoms with E-state index in [4.69, 9.17) is 0 Å². The Morgan fingerprint density at radius 2 is 2.00 bits per heavy atom. The van der Waals surface area contributed by atoms with Crippen molar-refractivity contribution in [3.63, 3.8) is 0 Å². The minimum atomic E-state index is -3.55. The fourth-order valence-electron chi connectivity index (χ4n) is 2.13. The highest BCUT2D eigenvalue weighted by molar-refractivity contribution is 7.89. The zero-order valence-corrected chi connectivity index (χ0v) is 15.5. The highest BCUT2D eigenvalue weighted by atomic mass is 32.2. The Labute approximate surface area is 154 Å². The van der Waals surface area contributed by atoms with Crippen molar-refractivity contribution in [2.24, 2.45) is 4.99 Å². The van der Waals surface area contributed by atoms with Crippen LogP contribution in [0.5, 0.6) is 0 Å². The molecule has 0 fully saturated rings. The van der Waals surface area contributed by atoms with Crippen LogP contribution in [0.3, 0.4) is 0 Å². The molecule has 2 aromatic rings. The Balaban J connectivity index is 1.79. The second-order valence-corrected chi connectivity index (χ2v) is 7.11. The third kappa shape index (κ3) is 6.77. The van der Waals surface area contributed by atoms with Gasteiger partial charge in [-0.2, -0.15) is 0 Å². The van der Waals surface area contributed by atoms with Gasteiger partial charge in [0.05, 0.1) is 6.54 Å². The molecule has 0 aromatic carbocycles. The smallest absolute Gasteiger partial charge is 0.242 e. The van der Waals surface area contributed by atoms with Crippen molar-refractivity contribution < 1.29 is 8.42 Å². The fraction of sp³-hybridized carbons (Fsp3) is 0.353. The number of rotatable bonds is 9. The van der Waals surface area contributed by atoms with E-state index in [2.05, 4.69) is 30.3 Å². The second kappa shape index (κ2) is 10.5. The van der Waals surface area contributed by atoms with Gasteiger partial charge in [-0.15, -0.1) is 0 Å². The van der Waals surface area contributed by atoms with Crippen LogP contribution in [0.1, 0.15) is 12.6 Å². The summed E-state index contributed by atoms with van der Waals surface area (Å²) in [6.07, 6.45) is 5.39. The molecule has 8 nitrogen and oxygen atoms in total. The first-order valence-corrected chi connectivity index (χ1v) is 9.92. The third-order valence-corrected chi connectivity index (χ3v) is 4.81. The number of aromatic nitrogens is 2. The predicted octanol–water partition coefficient (Wildman–Crippen LogP) is 0.553. The van der Waals surface area contributed by atoms with Gasteiger partial charge in [0.25, 0.3) is 0 Å². The first kappa shape index (κ1) is 19.8. The van der Waals surface area contributed by atoms with Crippen LogP contribution in [0.2, 0.25) is 0 Å². The molecule has 0 aliphatic rings. The summed E-state index contributed by atoms with van der Waals surface area (Å²) in [6, 6.07) is 8.90. The molecule has 0 atom stereocenters. The van der Waals surface area contributed by atoms with E-state index >= 15 is 0 Å². The lowest BCUT2D eigenvalue weighted by Crippen LogP contribution is -2.39. The molecule has 0 amide bonds. The van der Waals surface area contributed by atoms with Crippen molar-refractivity contribution in [3.05, 3.63) is 54.6 Å². The number of hydrogen-bond acceptors (Lipinski definition) is 5. The lowest BCUT2D eigenvalue weighted by molar-refractivity contribution is 0.581. The van der Waals surface area contributed by atoms with E-state index in [-0.39, 0.29) is 11.4 Å². The van der Waals surface area contributed by atoms with E-state index in [0.717, 1.165) is 18.7 Å². The third-order valence-electron chi connectivity index (χ3n) is 3.36. The summed E-state index contributed by atoms with van der Waals surface area (Å²) < 4.78 is 26.7. The SMILES string of the molecule is CCNC(=NCCNS(=O)(=O)c1cccnc1)NCCc1ccccn1. The summed E-state index contributed by atoms with van der Waals surface area (Å²) in [5, 5.41) is 6.34. The van der Waals surface area contributed by atoms with Crippen molar-refractivity contribution in [3.8, 4) is 0 Å². The summed E-state index contributed by atoms with van der Waals surface area (Å²) in [4.78, 5) is 12.6. The van der Waals surface area contributed by atoms with Crippen LogP contribution in [0.15, 0.2) is 58.8 Å². The van der Waals surface area contributed by atoms with Gasteiger partial charge in [0, 0.05) is 50.3 Å². The molecule has 2 aromatic heterocycles. The molecule has 0 aliphatic carbocycles. The zero-order valence-electron chi connectivity index (χ0n) is 14.7. The Morgan fingerprint density at radius 1 is 1.12 bits per heavy atom. The van der Waals surface area contributed by atoms with Gasteiger partial charge >= 0.3 is 0 Å². The normalized spacial score (nSPS) is 12.0. The van der Waals surface area contributed by atoms with E-state index in [0.29, 0.717) is 19.0 Å². The standard InChI is InChI=1S/C17H24N6O2S/c1-2-19-17(21-11-8-15-6-3-4-10-20-15)22-12-13-23-26(24,25)16-7-5-9-18-14-16/h3-7,9-10,14,23H,2,8,11-13H2,1H3,(H2,19,21,22). The molecule has 0 aliphatic heterocycles. The monoisotopic (exact) mass is 376 g/mol. The molecule has 0 radical (unpaired) electrons. The lowest BCUT2D eigenvalue weighted by Gasteiger charge is -2.11. The summed E-state index contributed by atoms with van der Waals surface area (Å²) in [7, 11) is -3.55. The molecule has 26 heavy (non-hydrogen) atoms. The van der Waals surface area contributed by atoms with Gasteiger partial charge in [0.15, 0.2) is 5.96 Å². The summed E-state index contributed by atoms with van der Waals surface area (Å²) in [6.45, 7) is 3.90. The van der Waals surface area contributed by atoms with Crippen LogP contribution in [-0.2, 0) is 16.4 Å². The largest absolute Gasteiger partial charge is 0.357 e. The fourth-order valence-corrected chi connectivity index (χ4v) is 3.12. The zero-order chi connectivity index (χ0) is 18.7.